The van der Waals surface area contributed by atoms with E-state index in [2.05, 4.69) is 226 Å². The minimum absolute atomic E-state index is 0.194. The molecule has 326 valence electrons. The fourth-order valence-corrected chi connectivity index (χ4v) is 10.4. The molecule has 0 bridgehead atoms. The van der Waals surface area contributed by atoms with E-state index in [1.54, 1.807) is 0 Å². The molecule has 0 aliphatic heterocycles. The van der Waals surface area contributed by atoms with Crippen molar-refractivity contribution in [1.82, 2.24) is 9.13 Å². The van der Waals surface area contributed by atoms with Gasteiger partial charge in [-0.2, -0.15) is 10.5 Å². The highest BCUT2D eigenvalue weighted by atomic mass is 15.2. The Bertz CT molecular complexity index is 3880. The van der Waals surface area contributed by atoms with Crippen LogP contribution < -0.4 is 9.80 Å². The summed E-state index contributed by atoms with van der Waals surface area (Å²) in [4.78, 5) is 4.53. The van der Waals surface area contributed by atoms with E-state index in [1.807, 2.05) is 48.5 Å². The zero-order chi connectivity index (χ0) is 46.5. The number of aromatic nitrogens is 2. The van der Waals surface area contributed by atoms with E-state index in [0.717, 1.165) is 73.8 Å². The van der Waals surface area contributed by atoms with Crippen molar-refractivity contribution < 1.29 is 0 Å². The monoisotopic (exact) mass is 884 g/mol. The van der Waals surface area contributed by atoms with Crippen LogP contribution in [0.5, 0.6) is 0 Å². The van der Waals surface area contributed by atoms with Gasteiger partial charge in [0.25, 0.3) is 0 Å². The molecule has 2 heterocycles. The summed E-state index contributed by atoms with van der Waals surface area (Å²) >= 11 is 0. The van der Waals surface area contributed by atoms with Crippen molar-refractivity contribution >= 4 is 77.7 Å². The van der Waals surface area contributed by atoms with Crippen LogP contribution in [0.3, 0.4) is 0 Å². The summed E-state index contributed by atoms with van der Waals surface area (Å²) in [5.74, 6) is 0. The summed E-state index contributed by atoms with van der Waals surface area (Å²) in [6.07, 6.45) is 9.76. The van der Waals surface area contributed by atoms with Crippen molar-refractivity contribution in [3.05, 3.63) is 248 Å². The third-order valence-corrected chi connectivity index (χ3v) is 13.7. The normalized spacial score (nSPS) is 14.3. The molecular formula is C63H44N6. The number of fused-ring (bicyclic) bond motifs is 6. The van der Waals surface area contributed by atoms with Crippen LogP contribution >= 0.6 is 0 Å². The topological polar surface area (TPSA) is 63.9 Å². The molecule has 0 radical (unpaired) electrons. The van der Waals surface area contributed by atoms with Crippen LogP contribution in [0.4, 0.5) is 34.1 Å². The van der Waals surface area contributed by atoms with Crippen molar-refractivity contribution in [2.45, 2.75) is 18.9 Å². The highest BCUT2D eigenvalue weighted by Crippen LogP contribution is 2.44. The zero-order valence-corrected chi connectivity index (χ0v) is 37.9. The van der Waals surface area contributed by atoms with Crippen LogP contribution in [0.1, 0.15) is 24.5 Å². The smallest absolute Gasteiger partial charge is 0.0991 e. The molecule has 0 N–H and O–H groups in total. The first-order valence-electron chi connectivity index (χ1n) is 23.3. The molecule has 69 heavy (non-hydrogen) atoms. The van der Waals surface area contributed by atoms with Gasteiger partial charge in [-0.25, -0.2) is 0 Å². The lowest BCUT2D eigenvalue weighted by molar-refractivity contribution is 0.437. The van der Waals surface area contributed by atoms with Crippen molar-refractivity contribution in [2.75, 3.05) is 9.80 Å². The third kappa shape index (κ3) is 7.11. The standard InChI is InChI=1S/C63H44N6/c1-63(38-10-3-11-39-63)69-61-17-9-7-15-56(61)58-41-54(35-37-62(58)69)67(50-28-20-45(43-65)21-29-50)52-32-24-47(25-33-52)46-22-30-51(31-23-46)66(49-26-18-44(42-64)19-27-49)53-34-36-60-57(40-53)55-14-6-8-16-59(55)68(60)48-12-4-2-5-13-48/h2-38,40-41H,39H2,1H3. The summed E-state index contributed by atoms with van der Waals surface area (Å²) in [5, 5.41) is 24.1. The Kier molecular flexibility index (Phi) is 10.0. The summed E-state index contributed by atoms with van der Waals surface area (Å²) in [6, 6.07) is 78.9. The van der Waals surface area contributed by atoms with Crippen LogP contribution in [-0.4, -0.2) is 9.13 Å². The SMILES string of the molecule is CC1(n2c3ccccc3c3cc(N(c4ccc(C#N)cc4)c4ccc(-c5ccc(N(c6ccc(C#N)cc6)c6ccc7c(c6)c6ccccc6n7-c6ccccc6)cc5)cc4)ccc32)C=CC=CC1. The molecule has 0 saturated carbocycles. The van der Waals surface area contributed by atoms with Crippen LogP contribution in [0.2, 0.25) is 0 Å². The summed E-state index contributed by atoms with van der Waals surface area (Å²) < 4.78 is 4.82. The van der Waals surface area contributed by atoms with Gasteiger partial charge in [-0.1, -0.05) is 103 Å². The Morgan fingerprint density at radius 1 is 0.420 bits per heavy atom. The number of para-hydroxylation sites is 3. The minimum atomic E-state index is -0.194. The van der Waals surface area contributed by atoms with Crippen LogP contribution in [0, 0.1) is 22.7 Å². The second-order valence-electron chi connectivity index (χ2n) is 17.9. The summed E-state index contributed by atoms with van der Waals surface area (Å²) in [7, 11) is 0. The number of hydrogen-bond donors (Lipinski definition) is 0. The Morgan fingerprint density at radius 3 is 1.36 bits per heavy atom. The number of hydrogen-bond acceptors (Lipinski definition) is 4. The van der Waals surface area contributed by atoms with E-state index in [-0.39, 0.29) is 5.54 Å². The quantitative estimate of drug-likeness (QED) is 0.145. The Labute approximate surface area is 401 Å². The number of anilines is 6. The Hall–Kier alpha value is -9.36. The highest BCUT2D eigenvalue weighted by Gasteiger charge is 2.28. The van der Waals surface area contributed by atoms with Crippen molar-refractivity contribution in [3.8, 4) is 29.0 Å². The molecule has 0 amide bonds. The van der Waals surface area contributed by atoms with Gasteiger partial charge < -0.3 is 18.9 Å². The predicted molar refractivity (Wildman–Crippen MR) is 285 cm³/mol. The Balaban J connectivity index is 0.916. The van der Waals surface area contributed by atoms with Gasteiger partial charge in [-0.15, -0.1) is 0 Å². The summed E-state index contributed by atoms with van der Waals surface area (Å²) in [5.41, 5.74) is 15.0. The Morgan fingerprint density at radius 2 is 0.841 bits per heavy atom. The van der Waals surface area contributed by atoms with Gasteiger partial charge in [-0.05, 0) is 158 Å². The van der Waals surface area contributed by atoms with Gasteiger partial charge in [0.05, 0.1) is 45.4 Å². The second-order valence-corrected chi connectivity index (χ2v) is 17.9. The van der Waals surface area contributed by atoms with Crippen molar-refractivity contribution in [1.29, 1.82) is 10.5 Å². The average molecular weight is 885 g/mol. The van der Waals surface area contributed by atoms with Crippen molar-refractivity contribution in [2.24, 2.45) is 0 Å². The lowest BCUT2D eigenvalue weighted by Crippen LogP contribution is -2.27. The first kappa shape index (κ1) is 41.1. The molecule has 0 spiro atoms. The molecule has 1 unspecified atom stereocenters. The van der Waals surface area contributed by atoms with E-state index in [1.165, 1.54) is 27.2 Å². The molecule has 11 aromatic rings. The van der Waals surface area contributed by atoms with E-state index in [4.69, 9.17) is 0 Å². The molecule has 0 saturated heterocycles. The predicted octanol–water partition coefficient (Wildman–Crippen LogP) is 16.5. The zero-order valence-electron chi connectivity index (χ0n) is 37.9. The number of nitriles is 2. The molecule has 2 aromatic heterocycles. The maximum Gasteiger partial charge on any atom is 0.0991 e. The molecule has 0 fully saturated rings. The molecule has 12 rings (SSSR count). The van der Waals surface area contributed by atoms with Crippen LogP contribution in [0.25, 0.3) is 60.4 Å². The molecule has 6 heteroatoms. The number of rotatable bonds is 9. The maximum atomic E-state index is 9.69. The fourth-order valence-electron chi connectivity index (χ4n) is 10.4. The second kappa shape index (κ2) is 16.8. The first-order chi connectivity index (χ1) is 34.0. The molecular weight excluding hydrogens is 841 g/mol. The molecule has 9 aromatic carbocycles. The van der Waals surface area contributed by atoms with Gasteiger partial charge in [-0.3, -0.25) is 0 Å². The minimum Gasteiger partial charge on any atom is -0.331 e. The molecule has 6 nitrogen and oxygen atoms in total. The van der Waals surface area contributed by atoms with Crippen LogP contribution in [0.15, 0.2) is 237 Å². The van der Waals surface area contributed by atoms with E-state index in [0.29, 0.717) is 11.1 Å². The maximum absolute atomic E-state index is 9.69. The highest BCUT2D eigenvalue weighted by molar-refractivity contribution is 6.11. The lowest BCUT2D eigenvalue weighted by Gasteiger charge is -2.31. The number of nitrogens with zero attached hydrogens (tertiary/aromatic N) is 6. The van der Waals surface area contributed by atoms with Gasteiger partial charge in [0.2, 0.25) is 0 Å². The lowest BCUT2D eigenvalue weighted by atomic mass is 9.92. The van der Waals surface area contributed by atoms with Gasteiger partial charge in [0, 0.05) is 66.9 Å². The van der Waals surface area contributed by atoms with Gasteiger partial charge >= 0.3 is 0 Å². The van der Waals surface area contributed by atoms with E-state index >= 15 is 0 Å². The summed E-state index contributed by atoms with van der Waals surface area (Å²) in [6.45, 7) is 2.31. The van der Waals surface area contributed by atoms with Gasteiger partial charge in [0.15, 0.2) is 0 Å². The van der Waals surface area contributed by atoms with E-state index < -0.39 is 0 Å². The fraction of sp³-hybridized carbons (Fsp3) is 0.0476. The average Bonchev–Trinajstić information content (AvgIpc) is 3.93. The molecule has 1 aliphatic carbocycles. The third-order valence-electron chi connectivity index (χ3n) is 13.7. The largest absolute Gasteiger partial charge is 0.331 e. The first-order valence-corrected chi connectivity index (χ1v) is 23.3. The number of benzene rings is 9. The number of allylic oxidation sites excluding steroid dienone is 4. The molecule has 1 aliphatic rings. The van der Waals surface area contributed by atoms with Gasteiger partial charge in [0.1, 0.15) is 0 Å². The van der Waals surface area contributed by atoms with Crippen molar-refractivity contribution in [3.63, 3.8) is 0 Å². The molecule has 1 atom stereocenters. The van der Waals surface area contributed by atoms with E-state index in [9.17, 15) is 10.5 Å². The van der Waals surface area contributed by atoms with Crippen LogP contribution in [-0.2, 0) is 5.54 Å².